The Labute approximate surface area is 273 Å². The van der Waals surface area contributed by atoms with Gasteiger partial charge in [0.1, 0.15) is 5.78 Å². The number of nitrogens with two attached hydrogens (primary N) is 1. The van der Waals surface area contributed by atoms with E-state index in [2.05, 4.69) is 34.1 Å². The van der Waals surface area contributed by atoms with Gasteiger partial charge in [-0.25, -0.2) is 4.98 Å². The fourth-order valence-corrected chi connectivity index (χ4v) is 11.3. The summed E-state index contributed by atoms with van der Waals surface area (Å²) in [5.74, 6) is 1.53. The smallest absolute Gasteiger partial charge is 0.166 e. The highest BCUT2D eigenvalue weighted by molar-refractivity contribution is 8.77. The minimum absolute atomic E-state index is 0.00569. The monoisotopic (exact) mass is 648 g/mol. The van der Waals surface area contributed by atoms with Crippen molar-refractivity contribution in [2.45, 2.75) is 94.0 Å². The lowest BCUT2D eigenvalue weighted by atomic mass is 9.80. The van der Waals surface area contributed by atoms with E-state index in [0.29, 0.717) is 36.5 Å². The third-order valence-corrected chi connectivity index (χ3v) is 13.2. The van der Waals surface area contributed by atoms with Crippen molar-refractivity contribution in [3.63, 3.8) is 0 Å². The van der Waals surface area contributed by atoms with Crippen LogP contribution in [-0.2, 0) is 15.1 Å². The molecule has 2 aliphatic carbocycles. The molecule has 4 unspecified atom stereocenters. The maximum Gasteiger partial charge on any atom is 0.166 e. The highest BCUT2D eigenvalue weighted by Crippen LogP contribution is 2.52. The number of aromatic nitrogens is 2. The summed E-state index contributed by atoms with van der Waals surface area (Å²) < 4.78 is 7.77. The van der Waals surface area contributed by atoms with Gasteiger partial charge in [0, 0.05) is 36.7 Å². The lowest BCUT2D eigenvalue weighted by Crippen LogP contribution is -2.49. The van der Waals surface area contributed by atoms with Crippen molar-refractivity contribution in [2.24, 2.45) is 11.7 Å². The summed E-state index contributed by atoms with van der Waals surface area (Å²) in [6.45, 7) is 2.19. The third kappa shape index (κ3) is 6.51. The van der Waals surface area contributed by atoms with Crippen LogP contribution in [-0.4, -0.2) is 50.5 Å². The molecule has 240 valence electrons. The summed E-state index contributed by atoms with van der Waals surface area (Å²) >= 11 is 0. The predicted molar refractivity (Wildman–Crippen MR) is 182 cm³/mol. The number of aromatic hydroxyl groups is 1. The Balaban J connectivity index is 1.48. The number of fused-ring (bicyclic) bond motifs is 7. The molecule has 0 radical (unpaired) electrons. The van der Waals surface area contributed by atoms with Crippen LogP contribution in [0.5, 0.6) is 11.5 Å². The van der Waals surface area contributed by atoms with Crippen molar-refractivity contribution >= 4 is 39.2 Å². The van der Waals surface area contributed by atoms with Crippen LogP contribution in [0.3, 0.4) is 0 Å². The number of allylic oxidation sites excluding steroid dienone is 3. The number of carbonyl (C=O) groups is 2. The van der Waals surface area contributed by atoms with Crippen LogP contribution in [0.2, 0.25) is 0 Å². The Morgan fingerprint density at radius 1 is 1.18 bits per heavy atom. The van der Waals surface area contributed by atoms with Gasteiger partial charge in [-0.15, -0.1) is 0 Å². The van der Waals surface area contributed by atoms with E-state index >= 15 is 0 Å². The molecule has 4 aliphatic rings. The summed E-state index contributed by atoms with van der Waals surface area (Å²) in [6, 6.07) is 3.57. The van der Waals surface area contributed by atoms with Gasteiger partial charge in [-0.05, 0) is 84.1 Å². The van der Waals surface area contributed by atoms with Gasteiger partial charge in [-0.2, -0.15) is 0 Å². The Morgan fingerprint density at radius 2 is 2.00 bits per heavy atom. The van der Waals surface area contributed by atoms with Gasteiger partial charge in [-0.3, -0.25) is 9.59 Å². The van der Waals surface area contributed by atoms with E-state index in [1.54, 1.807) is 12.1 Å². The molecule has 8 nitrogen and oxygen atoms in total. The molecule has 4 bridgehead atoms. The van der Waals surface area contributed by atoms with Crippen molar-refractivity contribution in [1.29, 1.82) is 0 Å². The van der Waals surface area contributed by atoms with Crippen LogP contribution in [0.15, 0.2) is 59.8 Å². The predicted octanol–water partition coefficient (Wildman–Crippen LogP) is 6.62. The Bertz CT molecular complexity index is 1510. The molecule has 1 saturated carbocycles. The quantitative estimate of drug-likeness (QED) is 0.248. The molecule has 0 amide bonds. The van der Waals surface area contributed by atoms with E-state index in [-0.39, 0.29) is 46.6 Å². The maximum atomic E-state index is 13.5. The Kier molecular flexibility index (Phi) is 9.82. The molecule has 4 atom stereocenters. The summed E-state index contributed by atoms with van der Waals surface area (Å²) in [5, 5.41) is 14.5. The van der Waals surface area contributed by atoms with Gasteiger partial charge < -0.3 is 25.5 Å². The standard InChI is InChI=1S/C35H44N4O4S2/c1-3-22-6-8-26(40)17-30(41)23-7-9-27(28-18-31(42)32(43-2)16-24(28)14-23)25-15-29(34(36)38-19-25)33(45-44-20-22)35(10-4-5-11-35)39-13-12-37-21-39/h12-16,18-19,21-22,27,33-34,38,42H,3-11,17,20,36H2,1-2H3. The summed E-state index contributed by atoms with van der Waals surface area (Å²) in [7, 11) is 5.32. The van der Waals surface area contributed by atoms with Gasteiger partial charge in [0.2, 0.25) is 0 Å². The van der Waals surface area contributed by atoms with Crippen molar-refractivity contribution < 1.29 is 19.4 Å². The molecule has 4 N–H and O–H groups in total. The first-order chi connectivity index (χ1) is 21.8. The first-order valence-electron chi connectivity index (χ1n) is 16.2. The van der Waals surface area contributed by atoms with Gasteiger partial charge in [0.05, 0.1) is 36.8 Å². The van der Waals surface area contributed by atoms with E-state index in [1.807, 2.05) is 46.4 Å². The zero-order chi connectivity index (χ0) is 31.6. The molecule has 6 rings (SSSR count). The second kappa shape index (κ2) is 13.8. The molecular weight excluding hydrogens is 605 g/mol. The van der Waals surface area contributed by atoms with Crippen LogP contribution < -0.4 is 15.8 Å². The summed E-state index contributed by atoms with van der Waals surface area (Å²) in [5.41, 5.74) is 11.4. The van der Waals surface area contributed by atoms with Gasteiger partial charge in [0.25, 0.3) is 0 Å². The normalized spacial score (nSPS) is 27.4. The average molecular weight is 649 g/mol. The van der Waals surface area contributed by atoms with E-state index in [4.69, 9.17) is 10.5 Å². The molecule has 2 aliphatic heterocycles. The zero-order valence-corrected chi connectivity index (χ0v) is 27.8. The number of nitrogens with one attached hydrogen (secondary N) is 1. The number of nitrogens with zero attached hydrogens (tertiary/aromatic N) is 2. The number of methoxy groups -OCH3 is 1. The number of Topliss-reactive ketones (excluding diaryl/α,β-unsaturated/α-hetero) is 2. The van der Waals surface area contributed by atoms with Crippen LogP contribution >= 0.6 is 21.6 Å². The topological polar surface area (TPSA) is 119 Å². The number of dihydropyridines is 1. The number of hydrogen-bond acceptors (Lipinski definition) is 9. The molecule has 3 heterocycles. The number of benzene rings is 1. The van der Waals surface area contributed by atoms with E-state index < -0.39 is 0 Å². The number of carbonyl (C=O) groups excluding carboxylic acids is 2. The number of imidazole rings is 1. The largest absolute Gasteiger partial charge is 0.504 e. The molecule has 10 heteroatoms. The van der Waals surface area contributed by atoms with E-state index in [0.717, 1.165) is 66.6 Å². The van der Waals surface area contributed by atoms with Crippen LogP contribution in [0.1, 0.15) is 88.2 Å². The van der Waals surface area contributed by atoms with Gasteiger partial charge >= 0.3 is 0 Å². The number of phenols is 1. The molecule has 0 saturated heterocycles. The second-order valence-electron chi connectivity index (χ2n) is 12.8. The molecule has 1 aromatic carbocycles. The first kappa shape index (κ1) is 32.0. The molecule has 1 aromatic heterocycles. The van der Waals surface area contributed by atoms with E-state index in [9.17, 15) is 14.7 Å². The van der Waals surface area contributed by atoms with Gasteiger partial charge in [0.15, 0.2) is 17.3 Å². The summed E-state index contributed by atoms with van der Waals surface area (Å²) in [4.78, 5) is 31.1. The van der Waals surface area contributed by atoms with Crippen molar-refractivity contribution in [2.75, 3.05) is 12.9 Å². The van der Waals surface area contributed by atoms with E-state index in [1.165, 1.54) is 7.11 Å². The fourth-order valence-electron chi connectivity index (χ4n) is 7.49. The zero-order valence-electron chi connectivity index (χ0n) is 26.2. The lowest BCUT2D eigenvalue weighted by molar-refractivity contribution is -0.125. The Morgan fingerprint density at radius 3 is 2.73 bits per heavy atom. The minimum Gasteiger partial charge on any atom is -0.504 e. The molecular formula is C35H44N4O4S2. The number of ketones is 2. The van der Waals surface area contributed by atoms with Crippen LogP contribution in [0.4, 0.5) is 0 Å². The molecule has 2 aromatic rings. The van der Waals surface area contributed by atoms with Crippen molar-refractivity contribution in [1.82, 2.24) is 14.9 Å². The first-order valence-corrected chi connectivity index (χ1v) is 18.6. The molecule has 45 heavy (non-hydrogen) atoms. The number of phenolic OH excluding ortho intramolecular Hbond substituents is 1. The average Bonchev–Trinajstić information content (AvgIpc) is 3.72. The number of rotatable bonds is 4. The number of hydrogen-bond donors (Lipinski definition) is 3. The molecule has 0 spiro atoms. The van der Waals surface area contributed by atoms with Gasteiger partial charge in [-0.1, -0.05) is 53.9 Å². The third-order valence-electron chi connectivity index (χ3n) is 10.2. The maximum absolute atomic E-state index is 13.5. The minimum atomic E-state index is -0.348. The highest BCUT2D eigenvalue weighted by atomic mass is 33.1. The van der Waals surface area contributed by atoms with Crippen molar-refractivity contribution in [3.05, 3.63) is 71.0 Å². The summed E-state index contributed by atoms with van der Waals surface area (Å²) in [6.07, 6.45) is 19.5. The second-order valence-corrected chi connectivity index (χ2v) is 15.4. The highest BCUT2D eigenvalue weighted by Gasteiger charge is 2.47. The fraction of sp³-hybridized carbons (Fsp3) is 0.514. The lowest BCUT2D eigenvalue weighted by Gasteiger charge is -2.42. The SMILES string of the molecule is CCC1CCC(=O)CC(=O)C2=Cc3cc(OC)c(O)cc3C(CC2)C2=CNC(N)C(=C2)C(C2(n3ccnc3)CCCC2)SSC1. The van der Waals surface area contributed by atoms with Crippen molar-refractivity contribution in [3.8, 4) is 11.5 Å². The van der Waals surface area contributed by atoms with Crippen LogP contribution in [0, 0.1) is 5.92 Å². The Hall–Kier alpha value is -2.95. The van der Waals surface area contributed by atoms with Crippen LogP contribution in [0.25, 0.3) is 6.08 Å². The molecule has 1 fully saturated rings. The number of ether oxygens (including phenoxy) is 1.